The number of benzene rings is 2. The molecular weight excluding hydrogens is 432 g/mol. The number of anilines is 1. The van der Waals surface area contributed by atoms with Gasteiger partial charge in [0.05, 0.1) is 21.7 Å². The van der Waals surface area contributed by atoms with E-state index >= 15 is 0 Å². The number of non-ortho nitro benzene ring substituents is 1. The average molecular weight is 452 g/mol. The van der Waals surface area contributed by atoms with Gasteiger partial charge in [0.25, 0.3) is 11.6 Å². The van der Waals surface area contributed by atoms with E-state index in [1.807, 2.05) is 25.1 Å². The van der Waals surface area contributed by atoms with E-state index in [-0.39, 0.29) is 11.6 Å². The van der Waals surface area contributed by atoms with Gasteiger partial charge in [-0.15, -0.1) is 0 Å². The maximum atomic E-state index is 13.0. The van der Waals surface area contributed by atoms with Gasteiger partial charge in [-0.05, 0) is 25.1 Å². The Kier molecular flexibility index (Phi) is 5.14. The lowest BCUT2D eigenvalue weighted by Gasteiger charge is -2.34. The molecule has 4 aromatic rings. The minimum atomic E-state index is -0.404. The summed E-state index contributed by atoms with van der Waals surface area (Å²) in [6, 6.07) is 12.0. The lowest BCUT2D eigenvalue weighted by atomic mass is 10.2. The average Bonchev–Trinajstić information content (AvgIpc) is 3.43. The van der Waals surface area contributed by atoms with Crippen molar-refractivity contribution in [2.24, 2.45) is 0 Å². The summed E-state index contributed by atoms with van der Waals surface area (Å²) in [7, 11) is 0. The number of aromatic nitrogens is 1. The Hall–Kier alpha value is -3.66. The van der Waals surface area contributed by atoms with Crippen molar-refractivity contribution in [2.45, 2.75) is 6.92 Å². The number of thiazole rings is 1. The van der Waals surface area contributed by atoms with Gasteiger partial charge >= 0.3 is 0 Å². The maximum absolute atomic E-state index is 13.0. The number of nitrogens with zero attached hydrogens (tertiary/aromatic N) is 4. The zero-order valence-electron chi connectivity index (χ0n) is 17.3. The highest BCUT2D eigenvalue weighted by atomic mass is 32.1. The molecule has 2 aromatic carbocycles. The van der Waals surface area contributed by atoms with Crippen LogP contribution in [0.4, 0.5) is 10.8 Å². The van der Waals surface area contributed by atoms with E-state index in [1.165, 1.54) is 17.4 Å². The van der Waals surface area contributed by atoms with E-state index in [2.05, 4.69) is 9.88 Å². The Morgan fingerprint density at radius 2 is 2.03 bits per heavy atom. The van der Waals surface area contributed by atoms with Crippen LogP contribution < -0.4 is 9.64 Å². The molecule has 5 rings (SSSR count). The molecule has 0 saturated carbocycles. The Labute approximate surface area is 187 Å². The van der Waals surface area contributed by atoms with Crippen LogP contribution in [0, 0.1) is 10.1 Å². The van der Waals surface area contributed by atoms with Crippen molar-refractivity contribution in [1.29, 1.82) is 0 Å². The Balaban J connectivity index is 1.30. The molecule has 1 aliphatic rings. The number of carbonyl (C=O) groups is 1. The molecule has 0 N–H and O–H groups in total. The first-order chi connectivity index (χ1) is 15.5. The number of carbonyl (C=O) groups excluding carboxylic acids is 1. The molecule has 1 fully saturated rings. The maximum Gasteiger partial charge on any atom is 0.289 e. The SMILES string of the molecule is CCOc1cccc2cc(C(=O)N3CCN(c4nc5ccc([N+](=O)[O-])cc5s4)CC3)oc12. The highest BCUT2D eigenvalue weighted by Gasteiger charge is 2.26. The second kappa shape index (κ2) is 8.12. The highest BCUT2D eigenvalue weighted by molar-refractivity contribution is 7.22. The fourth-order valence-electron chi connectivity index (χ4n) is 3.82. The number of fused-ring (bicyclic) bond motifs is 2. The third-order valence-electron chi connectivity index (χ3n) is 5.43. The van der Waals surface area contributed by atoms with E-state index < -0.39 is 4.92 Å². The zero-order valence-corrected chi connectivity index (χ0v) is 18.1. The Morgan fingerprint density at radius 3 is 2.78 bits per heavy atom. The number of nitro groups is 1. The van der Waals surface area contributed by atoms with Crippen LogP contribution in [-0.4, -0.2) is 53.5 Å². The molecule has 0 atom stereocenters. The minimum absolute atomic E-state index is 0.0569. The van der Waals surface area contributed by atoms with Crippen LogP contribution in [0.5, 0.6) is 5.75 Å². The molecule has 1 amide bonds. The monoisotopic (exact) mass is 452 g/mol. The number of hydrogen-bond donors (Lipinski definition) is 0. The van der Waals surface area contributed by atoms with Gasteiger partial charge in [-0.2, -0.15) is 0 Å². The normalized spacial score (nSPS) is 14.3. The molecule has 164 valence electrons. The topological polar surface area (TPSA) is 102 Å². The number of nitro benzene ring substituents is 1. The lowest BCUT2D eigenvalue weighted by molar-refractivity contribution is -0.384. The molecule has 2 aromatic heterocycles. The Morgan fingerprint density at radius 1 is 1.22 bits per heavy atom. The summed E-state index contributed by atoms with van der Waals surface area (Å²) in [5, 5.41) is 12.6. The van der Waals surface area contributed by atoms with Gasteiger partial charge in [0.1, 0.15) is 0 Å². The molecule has 3 heterocycles. The van der Waals surface area contributed by atoms with Crippen molar-refractivity contribution in [3.8, 4) is 5.75 Å². The van der Waals surface area contributed by atoms with Gasteiger partial charge in [0.15, 0.2) is 22.2 Å². The van der Waals surface area contributed by atoms with Crippen LogP contribution in [0.15, 0.2) is 46.9 Å². The summed E-state index contributed by atoms with van der Waals surface area (Å²) in [6.45, 7) is 4.73. The van der Waals surface area contributed by atoms with E-state index in [1.54, 1.807) is 23.1 Å². The first-order valence-corrected chi connectivity index (χ1v) is 11.1. The molecule has 9 nitrogen and oxygen atoms in total. The predicted molar refractivity (Wildman–Crippen MR) is 122 cm³/mol. The molecule has 0 radical (unpaired) electrons. The van der Waals surface area contributed by atoms with Crippen LogP contribution >= 0.6 is 11.3 Å². The number of amides is 1. The molecule has 1 aliphatic heterocycles. The molecule has 0 unspecified atom stereocenters. The number of furan rings is 1. The van der Waals surface area contributed by atoms with Crippen molar-refractivity contribution in [3.63, 3.8) is 0 Å². The van der Waals surface area contributed by atoms with Crippen molar-refractivity contribution in [3.05, 3.63) is 58.3 Å². The van der Waals surface area contributed by atoms with Crippen molar-refractivity contribution < 1.29 is 18.9 Å². The molecular formula is C22H20N4O5S. The van der Waals surface area contributed by atoms with Gasteiger partial charge < -0.3 is 19.0 Å². The van der Waals surface area contributed by atoms with Crippen LogP contribution in [-0.2, 0) is 0 Å². The molecule has 0 bridgehead atoms. The summed E-state index contributed by atoms with van der Waals surface area (Å²) < 4.78 is 12.2. The second-order valence-electron chi connectivity index (χ2n) is 7.40. The summed E-state index contributed by atoms with van der Waals surface area (Å²) in [5.74, 6) is 0.779. The van der Waals surface area contributed by atoms with Gasteiger partial charge in [0, 0.05) is 43.7 Å². The summed E-state index contributed by atoms with van der Waals surface area (Å²) in [5.41, 5.74) is 1.38. The van der Waals surface area contributed by atoms with E-state index in [9.17, 15) is 14.9 Å². The Bertz CT molecular complexity index is 1320. The summed E-state index contributed by atoms with van der Waals surface area (Å²) in [6.07, 6.45) is 0. The first-order valence-electron chi connectivity index (χ1n) is 10.3. The third-order valence-corrected chi connectivity index (χ3v) is 6.51. The predicted octanol–water partition coefficient (Wildman–Crippen LogP) is 4.31. The van der Waals surface area contributed by atoms with Crippen LogP contribution in [0.2, 0.25) is 0 Å². The van der Waals surface area contributed by atoms with E-state index in [4.69, 9.17) is 9.15 Å². The van der Waals surface area contributed by atoms with Gasteiger partial charge in [-0.3, -0.25) is 14.9 Å². The fraction of sp³-hybridized carbons (Fsp3) is 0.273. The van der Waals surface area contributed by atoms with Crippen LogP contribution in [0.25, 0.3) is 21.2 Å². The smallest absolute Gasteiger partial charge is 0.289 e. The number of piperazine rings is 1. The first kappa shape index (κ1) is 20.3. The summed E-state index contributed by atoms with van der Waals surface area (Å²) >= 11 is 1.43. The number of ether oxygens (including phenoxy) is 1. The van der Waals surface area contributed by atoms with Crippen molar-refractivity contribution in [1.82, 2.24) is 9.88 Å². The van der Waals surface area contributed by atoms with E-state index in [0.29, 0.717) is 49.9 Å². The van der Waals surface area contributed by atoms with Gasteiger partial charge in [-0.1, -0.05) is 23.5 Å². The standard InChI is InChI=1S/C22H20N4O5S/c1-2-30-17-5-3-4-14-12-18(31-20(14)17)21(27)24-8-10-25(11-9-24)22-23-16-7-6-15(26(28)29)13-19(16)32-22/h3-7,12-13H,2,8-11H2,1H3. The highest BCUT2D eigenvalue weighted by Crippen LogP contribution is 2.33. The minimum Gasteiger partial charge on any atom is -0.490 e. The van der Waals surface area contributed by atoms with Gasteiger partial charge in [-0.25, -0.2) is 4.98 Å². The molecule has 10 heteroatoms. The molecule has 0 spiro atoms. The summed E-state index contributed by atoms with van der Waals surface area (Å²) in [4.78, 5) is 32.1. The van der Waals surface area contributed by atoms with Crippen LogP contribution in [0.3, 0.4) is 0 Å². The largest absolute Gasteiger partial charge is 0.490 e. The van der Waals surface area contributed by atoms with E-state index in [0.717, 1.165) is 20.7 Å². The number of hydrogen-bond acceptors (Lipinski definition) is 8. The van der Waals surface area contributed by atoms with Crippen molar-refractivity contribution >= 4 is 49.2 Å². The number of rotatable bonds is 5. The molecule has 32 heavy (non-hydrogen) atoms. The number of para-hydroxylation sites is 1. The fourth-order valence-corrected chi connectivity index (χ4v) is 4.87. The lowest BCUT2D eigenvalue weighted by Crippen LogP contribution is -2.48. The third kappa shape index (κ3) is 3.62. The molecule has 0 aliphatic carbocycles. The van der Waals surface area contributed by atoms with Gasteiger partial charge in [0.2, 0.25) is 0 Å². The van der Waals surface area contributed by atoms with Crippen molar-refractivity contribution in [2.75, 3.05) is 37.7 Å². The second-order valence-corrected chi connectivity index (χ2v) is 8.41. The van der Waals surface area contributed by atoms with Crippen LogP contribution in [0.1, 0.15) is 17.5 Å². The quantitative estimate of drug-likeness (QED) is 0.328. The molecule has 1 saturated heterocycles. The zero-order chi connectivity index (χ0) is 22.2.